The van der Waals surface area contributed by atoms with E-state index >= 15 is 0 Å². The van der Waals surface area contributed by atoms with Gasteiger partial charge in [-0.05, 0) is 17.7 Å². The number of aromatic nitrogens is 1. The molecule has 0 aliphatic rings. The van der Waals surface area contributed by atoms with Crippen molar-refractivity contribution in [1.29, 1.82) is 5.26 Å². The minimum Gasteiger partial charge on any atom is -0.352 e. The summed E-state index contributed by atoms with van der Waals surface area (Å²) in [6, 6.07) is 16.3. The van der Waals surface area contributed by atoms with E-state index in [0.29, 0.717) is 21.6 Å². The van der Waals surface area contributed by atoms with E-state index in [1.807, 2.05) is 36.4 Å². The summed E-state index contributed by atoms with van der Waals surface area (Å²) >= 11 is 6.13. The van der Waals surface area contributed by atoms with Crippen LogP contribution in [0.5, 0.6) is 0 Å². The van der Waals surface area contributed by atoms with E-state index in [1.165, 1.54) is 0 Å². The lowest BCUT2D eigenvalue weighted by Gasteiger charge is -2.08. The molecular weight excluding hydrogens is 272 g/mol. The molecular formula is C16H9ClN2O. The predicted octanol–water partition coefficient (Wildman–Crippen LogP) is 3.72. The molecule has 3 nitrogen and oxygen atoms in total. The molecule has 1 N–H and O–H groups in total. The first-order chi connectivity index (χ1) is 9.72. The highest BCUT2D eigenvalue weighted by molar-refractivity contribution is 6.35. The van der Waals surface area contributed by atoms with Crippen LogP contribution in [0.1, 0.15) is 5.56 Å². The molecule has 0 radical (unpaired) electrons. The third kappa shape index (κ3) is 1.87. The summed E-state index contributed by atoms with van der Waals surface area (Å²) in [5, 5.41) is 10.2. The van der Waals surface area contributed by atoms with Crippen LogP contribution in [-0.4, -0.2) is 4.98 Å². The van der Waals surface area contributed by atoms with Crippen LogP contribution in [0.4, 0.5) is 0 Å². The molecule has 0 saturated carbocycles. The quantitative estimate of drug-likeness (QED) is 0.738. The number of para-hydroxylation sites is 1. The number of benzene rings is 2. The molecule has 0 bridgehead atoms. The standard InChI is InChI=1S/C16H9ClN2O/c17-13-8-4-7-11-15(13)19-14(12(9-18)16(11)20)10-5-2-1-3-6-10/h1-8H,(H,19,20). The second kappa shape index (κ2) is 4.84. The molecule has 0 amide bonds. The van der Waals surface area contributed by atoms with Crippen molar-refractivity contribution in [1.82, 2.24) is 4.98 Å². The zero-order chi connectivity index (χ0) is 14.1. The van der Waals surface area contributed by atoms with Gasteiger partial charge in [0.15, 0.2) is 0 Å². The number of pyridine rings is 1. The van der Waals surface area contributed by atoms with E-state index in [-0.39, 0.29) is 11.0 Å². The maximum Gasteiger partial charge on any atom is 0.207 e. The molecule has 1 aromatic heterocycles. The van der Waals surface area contributed by atoms with Crippen LogP contribution in [0.2, 0.25) is 5.02 Å². The van der Waals surface area contributed by atoms with Crippen LogP contribution in [0.3, 0.4) is 0 Å². The van der Waals surface area contributed by atoms with Gasteiger partial charge in [0.05, 0.1) is 16.2 Å². The van der Waals surface area contributed by atoms with Crippen LogP contribution in [0.25, 0.3) is 22.2 Å². The van der Waals surface area contributed by atoms with Gasteiger partial charge in [0.1, 0.15) is 11.6 Å². The highest BCUT2D eigenvalue weighted by atomic mass is 35.5. The Balaban J connectivity index is 2.47. The second-order valence-electron chi connectivity index (χ2n) is 4.34. The summed E-state index contributed by atoms with van der Waals surface area (Å²) < 4.78 is 0. The summed E-state index contributed by atoms with van der Waals surface area (Å²) in [5.41, 5.74) is 1.63. The Morgan fingerprint density at radius 3 is 2.50 bits per heavy atom. The number of aromatic amines is 1. The van der Waals surface area contributed by atoms with Crippen molar-refractivity contribution in [2.45, 2.75) is 0 Å². The Kier molecular flexibility index (Phi) is 3.02. The number of halogens is 1. The lowest BCUT2D eigenvalue weighted by atomic mass is 10.0. The fourth-order valence-corrected chi connectivity index (χ4v) is 2.43. The van der Waals surface area contributed by atoms with E-state index in [1.54, 1.807) is 18.2 Å². The fraction of sp³-hybridized carbons (Fsp3) is 0. The molecule has 0 unspecified atom stereocenters. The van der Waals surface area contributed by atoms with Gasteiger partial charge in [0, 0.05) is 5.39 Å². The monoisotopic (exact) mass is 280 g/mol. The van der Waals surface area contributed by atoms with Gasteiger partial charge < -0.3 is 4.98 Å². The van der Waals surface area contributed by atoms with Crippen molar-refractivity contribution < 1.29 is 0 Å². The molecule has 1 heterocycles. The summed E-state index contributed by atoms with van der Waals surface area (Å²) in [5.74, 6) is 0. The van der Waals surface area contributed by atoms with Crippen molar-refractivity contribution in [3.63, 3.8) is 0 Å². The maximum atomic E-state index is 12.4. The molecule has 96 valence electrons. The number of fused-ring (bicyclic) bond motifs is 1. The Labute approximate surface area is 120 Å². The zero-order valence-corrected chi connectivity index (χ0v) is 11.1. The van der Waals surface area contributed by atoms with Crippen molar-refractivity contribution in [3.8, 4) is 17.3 Å². The second-order valence-corrected chi connectivity index (χ2v) is 4.75. The smallest absolute Gasteiger partial charge is 0.207 e. The van der Waals surface area contributed by atoms with E-state index in [9.17, 15) is 10.1 Å². The van der Waals surface area contributed by atoms with Gasteiger partial charge in [-0.15, -0.1) is 0 Å². The summed E-state index contributed by atoms with van der Waals surface area (Å²) in [6.45, 7) is 0. The maximum absolute atomic E-state index is 12.4. The number of nitrogens with one attached hydrogen (secondary N) is 1. The fourth-order valence-electron chi connectivity index (χ4n) is 2.20. The largest absolute Gasteiger partial charge is 0.352 e. The predicted molar refractivity (Wildman–Crippen MR) is 79.7 cm³/mol. The zero-order valence-electron chi connectivity index (χ0n) is 10.4. The molecule has 20 heavy (non-hydrogen) atoms. The minimum atomic E-state index is -0.303. The summed E-state index contributed by atoms with van der Waals surface area (Å²) in [6.07, 6.45) is 0. The molecule has 4 heteroatoms. The lowest BCUT2D eigenvalue weighted by molar-refractivity contribution is 1.34. The van der Waals surface area contributed by atoms with Gasteiger partial charge in [0.2, 0.25) is 5.43 Å². The van der Waals surface area contributed by atoms with E-state index in [0.717, 1.165) is 5.56 Å². The Bertz CT molecular complexity index is 892. The minimum absolute atomic E-state index is 0.103. The SMILES string of the molecule is N#Cc1c(-c2ccccc2)[nH]c2c(Cl)cccc2c1=O. The number of nitrogens with zero attached hydrogens (tertiary/aromatic N) is 1. The summed E-state index contributed by atoms with van der Waals surface area (Å²) in [7, 11) is 0. The highest BCUT2D eigenvalue weighted by Crippen LogP contribution is 2.25. The van der Waals surface area contributed by atoms with Gasteiger partial charge in [-0.25, -0.2) is 0 Å². The van der Waals surface area contributed by atoms with Crippen LogP contribution < -0.4 is 5.43 Å². The summed E-state index contributed by atoms with van der Waals surface area (Å²) in [4.78, 5) is 15.5. The van der Waals surface area contributed by atoms with E-state index in [2.05, 4.69) is 4.98 Å². The molecule has 0 spiro atoms. The Hall–Kier alpha value is -2.57. The Morgan fingerprint density at radius 1 is 1.05 bits per heavy atom. The first kappa shape index (κ1) is 12.5. The third-order valence-corrected chi connectivity index (χ3v) is 3.47. The van der Waals surface area contributed by atoms with Gasteiger partial charge in [-0.3, -0.25) is 4.79 Å². The van der Waals surface area contributed by atoms with E-state index in [4.69, 9.17) is 11.6 Å². The van der Waals surface area contributed by atoms with E-state index < -0.39 is 0 Å². The number of nitriles is 1. The molecule has 0 atom stereocenters. The van der Waals surface area contributed by atoms with Gasteiger partial charge in [0.25, 0.3) is 0 Å². The first-order valence-corrected chi connectivity index (χ1v) is 6.40. The molecule has 0 fully saturated rings. The molecule has 0 saturated heterocycles. The number of hydrogen-bond donors (Lipinski definition) is 1. The topological polar surface area (TPSA) is 56.6 Å². The normalized spacial score (nSPS) is 10.4. The van der Waals surface area contributed by atoms with Crippen molar-refractivity contribution in [3.05, 3.63) is 69.3 Å². The first-order valence-electron chi connectivity index (χ1n) is 6.02. The highest BCUT2D eigenvalue weighted by Gasteiger charge is 2.14. The van der Waals surface area contributed by atoms with Crippen LogP contribution in [0, 0.1) is 11.3 Å². The van der Waals surface area contributed by atoms with Crippen LogP contribution in [0.15, 0.2) is 53.3 Å². The van der Waals surface area contributed by atoms with Gasteiger partial charge in [-0.1, -0.05) is 48.0 Å². The van der Waals surface area contributed by atoms with Gasteiger partial charge in [-0.2, -0.15) is 5.26 Å². The van der Waals surface area contributed by atoms with Crippen molar-refractivity contribution in [2.75, 3.05) is 0 Å². The van der Waals surface area contributed by atoms with Crippen LogP contribution >= 0.6 is 11.6 Å². The molecule has 3 aromatic rings. The molecule has 0 aliphatic carbocycles. The Morgan fingerprint density at radius 2 is 1.80 bits per heavy atom. The third-order valence-electron chi connectivity index (χ3n) is 3.16. The number of rotatable bonds is 1. The number of H-pyrrole nitrogens is 1. The average molecular weight is 281 g/mol. The van der Waals surface area contributed by atoms with Crippen LogP contribution in [-0.2, 0) is 0 Å². The van der Waals surface area contributed by atoms with Crippen molar-refractivity contribution in [2.24, 2.45) is 0 Å². The van der Waals surface area contributed by atoms with Crippen molar-refractivity contribution >= 4 is 22.5 Å². The number of hydrogen-bond acceptors (Lipinski definition) is 2. The lowest BCUT2D eigenvalue weighted by Crippen LogP contribution is -2.10. The van der Waals surface area contributed by atoms with Gasteiger partial charge >= 0.3 is 0 Å². The molecule has 0 aliphatic heterocycles. The molecule has 3 rings (SSSR count). The molecule has 2 aromatic carbocycles. The average Bonchev–Trinajstić information content (AvgIpc) is 2.49.